The minimum Gasteiger partial charge on any atom is -0.374 e. The molecule has 1 aliphatic rings. The summed E-state index contributed by atoms with van der Waals surface area (Å²) in [6, 6.07) is 6.79. The lowest BCUT2D eigenvalue weighted by atomic mass is 9.99. The second-order valence-corrected chi connectivity index (χ2v) is 8.24. The molecule has 1 aliphatic heterocycles. The van der Waals surface area contributed by atoms with Crippen molar-refractivity contribution in [2.75, 3.05) is 38.3 Å². The zero-order valence-electron chi connectivity index (χ0n) is 15.1. The van der Waals surface area contributed by atoms with Crippen molar-refractivity contribution in [3.8, 4) is 0 Å². The van der Waals surface area contributed by atoms with E-state index in [1.807, 2.05) is 18.8 Å². The lowest BCUT2D eigenvalue weighted by Crippen LogP contribution is -2.43. The van der Waals surface area contributed by atoms with Crippen LogP contribution in [-0.2, 0) is 13.0 Å². The Morgan fingerprint density at radius 1 is 1.35 bits per heavy atom. The number of anilines is 1. The quantitative estimate of drug-likeness (QED) is 0.642. The van der Waals surface area contributed by atoms with Crippen LogP contribution >= 0.6 is 11.8 Å². The number of nitrogens with zero attached hydrogens (tertiary/aromatic N) is 2. The van der Waals surface area contributed by atoms with Crippen molar-refractivity contribution in [2.24, 2.45) is 4.99 Å². The second kappa shape index (κ2) is 7.95. The van der Waals surface area contributed by atoms with Crippen LogP contribution in [0.15, 0.2) is 23.2 Å². The zero-order valence-corrected chi connectivity index (χ0v) is 15.9. The number of fused-ring (bicyclic) bond motifs is 1. The van der Waals surface area contributed by atoms with Crippen LogP contribution in [0, 0.1) is 0 Å². The van der Waals surface area contributed by atoms with Gasteiger partial charge in [0.15, 0.2) is 5.96 Å². The highest BCUT2D eigenvalue weighted by Gasteiger charge is 2.16. The van der Waals surface area contributed by atoms with Crippen LogP contribution in [-0.4, -0.2) is 44.1 Å². The Morgan fingerprint density at radius 3 is 2.83 bits per heavy atom. The van der Waals surface area contributed by atoms with Crippen molar-refractivity contribution in [1.82, 2.24) is 10.6 Å². The molecule has 1 aromatic carbocycles. The Bertz CT molecular complexity index is 554. The third kappa shape index (κ3) is 5.06. The monoisotopic (exact) mass is 334 g/mol. The Labute approximate surface area is 145 Å². The molecule has 0 aliphatic carbocycles. The molecule has 0 amide bonds. The van der Waals surface area contributed by atoms with Crippen LogP contribution in [0.3, 0.4) is 0 Å². The average Bonchev–Trinajstić information content (AvgIpc) is 2.55. The fourth-order valence-electron chi connectivity index (χ4n) is 2.72. The smallest absolute Gasteiger partial charge is 0.191 e. The number of hydrogen-bond acceptors (Lipinski definition) is 3. The SMILES string of the molecule is CN=C(NCc1ccc2c(c1)CCCN2C)NCC(C)(C)SC. The molecule has 4 nitrogen and oxygen atoms in total. The van der Waals surface area contributed by atoms with E-state index in [0.717, 1.165) is 25.6 Å². The van der Waals surface area contributed by atoms with Gasteiger partial charge in [0.05, 0.1) is 0 Å². The molecular weight excluding hydrogens is 304 g/mol. The highest BCUT2D eigenvalue weighted by atomic mass is 32.2. The first-order valence-corrected chi connectivity index (χ1v) is 9.50. The molecule has 0 radical (unpaired) electrons. The van der Waals surface area contributed by atoms with Gasteiger partial charge in [0.2, 0.25) is 0 Å². The van der Waals surface area contributed by atoms with Gasteiger partial charge in [-0.3, -0.25) is 4.99 Å². The molecule has 2 rings (SSSR count). The normalized spacial score (nSPS) is 15.3. The average molecular weight is 335 g/mol. The minimum absolute atomic E-state index is 0.202. The molecular formula is C18H30N4S. The standard InChI is InChI=1S/C18H30N4S/c1-18(2,23-5)13-21-17(19-3)20-12-14-8-9-16-15(11-14)7-6-10-22(16)4/h8-9,11H,6-7,10,12-13H2,1-5H3,(H2,19,20,21). The van der Waals surface area contributed by atoms with Crippen LogP contribution < -0.4 is 15.5 Å². The van der Waals surface area contributed by atoms with E-state index in [2.05, 4.69) is 65.9 Å². The van der Waals surface area contributed by atoms with E-state index in [1.165, 1.54) is 29.7 Å². The highest BCUT2D eigenvalue weighted by Crippen LogP contribution is 2.26. The number of nitrogens with one attached hydrogen (secondary N) is 2. The van der Waals surface area contributed by atoms with E-state index < -0.39 is 0 Å². The molecule has 0 bridgehead atoms. The molecule has 128 valence electrons. The lowest BCUT2D eigenvalue weighted by Gasteiger charge is -2.28. The number of hydrogen-bond donors (Lipinski definition) is 2. The van der Waals surface area contributed by atoms with Gasteiger partial charge in [-0.05, 0) is 50.1 Å². The molecule has 1 heterocycles. The Morgan fingerprint density at radius 2 is 2.13 bits per heavy atom. The van der Waals surface area contributed by atoms with Crippen LogP contribution in [0.1, 0.15) is 31.4 Å². The first-order chi connectivity index (χ1) is 10.9. The van der Waals surface area contributed by atoms with Crippen molar-refractivity contribution in [1.29, 1.82) is 0 Å². The number of guanidine groups is 1. The van der Waals surface area contributed by atoms with Crippen molar-refractivity contribution < 1.29 is 0 Å². The number of rotatable bonds is 5. The number of aryl methyl sites for hydroxylation is 1. The van der Waals surface area contributed by atoms with E-state index in [4.69, 9.17) is 0 Å². The summed E-state index contributed by atoms with van der Waals surface area (Å²) < 4.78 is 0.202. The van der Waals surface area contributed by atoms with E-state index in [-0.39, 0.29) is 4.75 Å². The maximum Gasteiger partial charge on any atom is 0.191 e. The summed E-state index contributed by atoms with van der Waals surface area (Å²) in [6.07, 6.45) is 4.57. The molecule has 5 heteroatoms. The first kappa shape index (κ1) is 18.0. The number of thioether (sulfide) groups is 1. The number of benzene rings is 1. The van der Waals surface area contributed by atoms with Gasteiger partial charge in [-0.15, -0.1) is 0 Å². The van der Waals surface area contributed by atoms with Crippen LogP contribution in [0.25, 0.3) is 0 Å². The molecule has 0 saturated heterocycles. The summed E-state index contributed by atoms with van der Waals surface area (Å²) in [4.78, 5) is 6.67. The first-order valence-electron chi connectivity index (χ1n) is 8.28. The molecule has 0 saturated carbocycles. The third-order valence-electron chi connectivity index (χ3n) is 4.41. The molecule has 0 aromatic heterocycles. The Balaban J connectivity index is 1.92. The minimum atomic E-state index is 0.202. The molecule has 2 N–H and O–H groups in total. The van der Waals surface area contributed by atoms with E-state index in [1.54, 1.807) is 0 Å². The lowest BCUT2D eigenvalue weighted by molar-refractivity contribution is 0.664. The highest BCUT2D eigenvalue weighted by molar-refractivity contribution is 7.99. The van der Waals surface area contributed by atoms with Gasteiger partial charge in [-0.2, -0.15) is 11.8 Å². The summed E-state index contributed by atoms with van der Waals surface area (Å²) in [5.74, 6) is 0.863. The topological polar surface area (TPSA) is 39.7 Å². The van der Waals surface area contributed by atoms with Gasteiger partial charge in [-0.1, -0.05) is 12.1 Å². The van der Waals surface area contributed by atoms with Gasteiger partial charge < -0.3 is 15.5 Å². The fraction of sp³-hybridized carbons (Fsp3) is 0.611. The molecule has 23 heavy (non-hydrogen) atoms. The summed E-state index contributed by atoms with van der Waals surface area (Å²) in [7, 11) is 4.00. The van der Waals surface area contributed by atoms with Gasteiger partial charge in [0.25, 0.3) is 0 Å². The van der Waals surface area contributed by atoms with Crippen molar-refractivity contribution in [3.63, 3.8) is 0 Å². The maximum absolute atomic E-state index is 4.32. The summed E-state index contributed by atoms with van der Waals surface area (Å²) in [5.41, 5.74) is 4.15. The summed E-state index contributed by atoms with van der Waals surface area (Å²) >= 11 is 1.86. The summed E-state index contributed by atoms with van der Waals surface area (Å²) in [6.45, 7) is 7.32. The van der Waals surface area contributed by atoms with E-state index >= 15 is 0 Å². The number of aliphatic imine (C=N–C) groups is 1. The third-order valence-corrected chi connectivity index (χ3v) is 5.66. The van der Waals surface area contributed by atoms with Gasteiger partial charge in [-0.25, -0.2) is 0 Å². The van der Waals surface area contributed by atoms with Crippen molar-refractivity contribution in [3.05, 3.63) is 29.3 Å². The van der Waals surface area contributed by atoms with Gasteiger partial charge in [0.1, 0.15) is 0 Å². The van der Waals surface area contributed by atoms with Gasteiger partial charge >= 0.3 is 0 Å². The van der Waals surface area contributed by atoms with Crippen LogP contribution in [0.4, 0.5) is 5.69 Å². The Kier molecular flexibility index (Phi) is 6.22. The molecule has 0 fully saturated rings. The fourth-order valence-corrected chi connectivity index (χ4v) is 2.94. The Hall–Kier alpha value is -1.36. The molecule has 1 aromatic rings. The van der Waals surface area contributed by atoms with E-state index in [0.29, 0.717) is 0 Å². The second-order valence-electron chi connectivity index (χ2n) is 6.73. The van der Waals surface area contributed by atoms with Crippen molar-refractivity contribution in [2.45, 2.75) is 38.0 Å². The summed E-state index contributed by atoms with van der Waals surface area (Å²) in [5, 5.41) is 6.83. The van der Waals surface area contributed by atoms with E-state index in [9.17, 15) is 0 Å². The molecule has 0 unspecified atom stereocenters. The van der Waals surface area contributed by atoms with Gasteiger partial charge in [0, 0.05) is 44.2 Å². The van der Waals surface area contributed by atoms with Crippen LogP contribution in [0.5, 0.6) is 0 Å². The van der Waals surface area contributed by atoms with Crippen LogP contribution in [0.2, 0.25) is 0 Å². The predicted molar refractivity (Wildman–Crippen MR) is 104 cm³/mol. The molecule has 0 spiro atoms. The zero-order chi connectivity index (χ0) is 16.9. The predicted octanol–water partition coefficient (Wildman–Crippen LogP) is 2.88. The van der Waals surface area contributed by atoms with Crippen molar-refractivity contribution >= 4 is 23.4 Å². The largest absolute Gasteiger partial charge is 0.374 e. The molecule has 0 atom stereocenters. The maximum atomic E-state index is 4.32.